The Morgan fingerprint density at radius 3 is 2.44 bits per heavy atom. The fourth-order valence-corrected chi connectivity index (χ4v) is 3.24. The molecule has 0 aliphatic carbocycles. The minimum Gasteiger partial charge on any atom is -0.255 e. The van der Waals surface area contributed by atoms with Crippen LogP contribution in [0.15, 0.2) is 77.0 Å². The SMILES string of the molecule is C=C/C=C\C(=C)/C(C)=C/C(CNSc1cc(Cl)cc(C)c1C)=C(\C)F.CC. The Hall–Kier alpha value is -1.55. The first-order chi connectivity index (χ1) is 12.8. The maximum absolute atomic E-state index is 13.9. The molecule has 1 N–H and O–H groups in total. The summed E-state index contributed by atoms with van der Waals surface area (Å²) in [6, 6.07) is 3.85. The van der Waals surface area contributed by atoms with E-state index in [0.717, 1.165) is 21.6 Å². The van der Waals surface area contributed by atoms with E-state index in [1.807, 2.05) is 65.0 Å². The number of benzene rings is 1. The fraction of sp³-hybridized carbons (Fsp3) is 0.304. The molecule has 0 fully saturated rings. The van der Waals surface area contributed by atoms with Crippen molar-refractivity contribution >= 4 is 23.5 Å². The number of allylic oxidation sites excluding steroid dienone is 6. The van der Waals surface area contributed by atoms with Gasteiger partial charge in [0.2, 0.25) is 0 Å². The minimum atomic E-state index is -0.216. The molecule has 0 aliphatic rings. The van der Waals surface area contributed by atoms with E-state index >= 15 is 0 Å². The van der Waals surface area contributed by atoms with Crippen LogP contribution in [0.25, 0.3) is 0 Å². The molecule has 27 heavy (non-hydrogen) atoms. The molecule has 0 atom stereocenters. The van der Waals surface area contributed by atoms with Crippen molar-refractivity contribution < 1.29 is 4.39 Å². The molecule has 1 aromatic rings. The average molecular weight is 408 g/mol. The summed E-state index contributed by atoms with van der Waals surface area (Å²) in [6.07, 6.45) is 7.16. The number of rotatable bonds is 8. The zero-order valence-electron chi connectivity index (χ0n) is 17.2. The molecule has 0 saturated carbocycles. The maximum atomic E-state index is 13.9. The molecule has 0 bridgehead atoms. The number of nitrogens with one attached hydrogen (secondary N) is 1. The molecule has 1 aromatic carbocycles. The lowest BCUT2D eigenvalue weighted by atomic mass is 10.1. The zero-order chi connectivity index (χ0) is 21.0. The van der Waals surface area contributed by atoms with E-state index in [1.54, 1.807) is 6.08 Å². The van der Waals surface area contributed by atoms with Crippen molar-refractivity contribution in [1.82, 2.24) is 4.72 Å². The molecule has 0 saturated heterocycles. The van der Waals surface area contributed by atoms with Gasteiger partial charge in [-0.3, -0.25) is 4.72 Å². The average Bonchev–Trinajstić information content (AvgIpc) is 2.63. The van der Waals surface area contributed by atoms with Gasteiger partial charge in [0.1, 0.15) is 5.83 Å². The van der Waals surface area contributed by atoms with E-state index < -0.39 is 0 Å². The van der Waals surface area contributed by atoms with Crippen LogP contribution in [0.5, 0.6) is 0 Å². The lowest BCUT2D eigenvalue weighted by molar-refractivity contribution is 0.627. The van der Waals surface area contributed by atoms with Crippen molar-refractivity contribution in [1.29, 1.82) is 0 Å². The second kappa shape index (κ2) is 13.6. The van der Waals surface area contributed by atoms with Gasteiger partial charge in [0, 0.05) is 16.5 Å². The van der Waals surface area contributed by atoms with E-state index in [-0.39, 0.29) is 5.83 Å². The molecule has 1 nitrogen and oxygen atoms in total. The molecule has 0 aromatic heterocycles. The third kappa shape index (κ3) is 9.28. The standard InChI is InChI=1S/C21H25ClFNS.C2H6/c1-7-8-9-14(2)15(3)10-19(18(6)23)13-24-25-21-12-20(22)11-16(4)17(21)5;1-2/h7-12,24H,1-2,13H2,3-6H3;1-2H3/b9-8-,15-10+,19-18-;. The van der Waals surface area contributed by atoms with Gasteiger partial charge in [-0.05, 0) is 79.6 Å². The van der Waals surface area contributed by atoms with Gasteiger partial charge in [-0.1, -0.05) is 62.9 Å². The molecular formula is C23H31ClFNS. The van der Waals surface area contributed by atoms with Gasteiger partial charge in [-0.25, -0.2) is 4.39 Å². The van der Waals surface area contributed by atoms with E-state index in [4.69, 9.17) is 11.6 Å². The van der Waals surface area contributed by atoms with E-state index in [0.29, 0.717) is 17.1 Å². The van der Waals surface area contributed by atoms with Gasteiger partial charge in [0.15, 0.2) is 0 Å². The molecule has 0 spiro atoms. The van der Waals surface area contributed by atoms with Crippen LogP contribution in [-0.2, 0) is 0 Å². The monoisotopic (exact) mass is 407 g/mol. The van der Waals surface area contributed by atoms with Crippen LogP contribution in [0.4, 0.5) is 4.39 Å². The summed E-state index contributed by atoms with van der Waals surface area (Å²) in [7, 11) is 0. The van der Waals surface area contributed by atoms with Crippen LogP contribution in [0.3, 0.4) is 0 Å². The van der Waals surface area contributed by atoms with Crippen LogP contribution < -0.4 is 4.72 Å². The van der Waals surface area contributed by atoms with Crippen molar-refractivity contribution in [3.05, 3.63) is 88.3 Å². The number of hydrogen-bond donors (Lipinski definition) is 1. The summed E-state index contributed by atoms with van der Waals surface area (Å²) in [5.74, 6) is -0.216. The first-order valence-electron chi connectivity index (χ1n) is 8.94. The van der Waals surface area contributed by atoms with Crippen LogP contribution in [0.2, 0.25) is 5.02 Å². The maximum Gasteiger partial charge on any atom is 0.101 e. The topological polar surface area (TPSA) is 12.0 Å². The summed E-state index contributed by atoms with van der Waals surface area (Å²) < 4.78 is 17.1. The Morgan fingerprint density at radius 1 is 1.26 bits per heavy atom. The first kappa shape index (κ1) is 25.4. The Kier molecular flexibility index (Phi) is 12.8. The van der Waals surface area contributed by atoms with Crippen molar-refractivity contribution in [3.63, 3.8) is 0 Å². The first-order valence-corrected chi connectivity index (χ1v) is 10.1. The summed E-state index contributed by atoms with van der Waals surface area (Å²) in [4.78, 5) is 1.04. The molecule has 0 radical (unpaired) electrons. The van der Waals surface area contributed by atoms with Crippen molar-refractivity contribution in [2.75, 3.05) is 6.54 Å². The molecule has 4 heteroatoms. The Labute approximate surface area is 173 Å². The van der Waals surface area contributed by atoms with Crippen molar-refractivity contribution in [2.45, 2.75) is 46.4 Å². The van der Waals surface area contributed by atoms with Crippen molar-refractivity contribution in [3.8, 4) is 0 Å². The molecular weight excluding hydrogens is 377 g/mol. The predicted octanol–water partition coefficient (Wildman–Crippen LogP) is 8.07. The predicted molar refractivity (Wildman–Crippen MR) is 122 cm³/mol. The quantitative estimate of drug-likeness (QED) is 0.345. The lowest BCUT2D eigenvalue weighted by Gasteiger charge is -2.11. The largest absolute Gasteiger partial charge is 0.255 e. The van der Waals surface area contributed by atoms with Crippen LogP contribution >= 0.6 is 23.5 Å². The summed E-state index contributed by atoms with van der Waals surface area (Å²) in [5.41, 5.74) is 4.63. The summed E-state index contributed by atoms with van der Waals surface area (Å²) in [6.45, 7) is 19.4. The van der Waals surface area contributed by atoms with Crippen LogP contribution in [-0.4, -0.2) is 6.54 Å². The molecule has 0 amide bonds. The van der Waals surface area contributed by atoms with Crippen LogP contribution in [0, 0.1) is 13.8 Å². The normalized spacial score (nSPS) is 12.4. The van der Waals surface area contributed by atoms with E-state index in [2.05, 4.69) is 17.9 Å². The highest BCUT2D eigenvalue weighted by Gasteiger charge is 2.06. The highest BCUT2D eigenvalue weighted by molar-refractivity contribution is 7.97. The molecule has 1 rings (SSSR count). The molecule has 0 aliphatic heterocycles. The minimum absolute atomic E-state index is 0.216. The lowest BCUT2D eigenvalue weighted by Crippen LogP contribution is -2.09. The highest BCUT2D eigenvalue weighted by atomic mass is 35.5. The molecule has 0 unspecified atom stereocenters. The number of hydrogen-bond acceptors (Lipinski definition) is 2. The molecule has 148 valence electrons. The Balaban J connectivity index is 0.00000326. The Bertz CT molecular complexity index is 741. The summed E-state index contributed by atoms with van der Waals surface area (Å²) >= 11 is 7.57. The van der Waals surface area contributed by atoms with E-state index in [1.165, 1.54) is 24.4 Å². The highest BCUT2D eigenvalue weighted by Crippen LogP contribution is 2.27. The third-order valence-corrected chi connectivity index (χ3v) is 4.95. The summed E-state index contributed by atoms with van der Waals surface area (Å²) in [5, 5.41) is 0.700. The number of halogens is 2. The second-order valence-corrected chi connectivity index (χ2v) is 7.14. The second-order valence-electron chi connectivity index (χ2n) is 5.78. The Morgan fingerprint density at radius 2 is 1.89 bits per heavy atom. The van der Waals surface area contributed by atoms with Crippen LogP contribution in [0.1, 0.15) is 38.8 Å². The third-order valence-electron chi connectivity index (χ3n) is 3.80. The smallest absolute Gasteiger partial charge is 0.101 e. The molecule has 0 heterocycles. The van der Waals surface area contributed by atoms with Crippen molar-refractivity contribution in [2.24, 2.45) is 0 Å². The van der Waals surface area contributed by atoms with Gasteiger partial charge in [-0.2, -0.15) is 0 Å². The zero-order valence-corrected chi connectivity index (χ0v) is 18.8. The van der Waals surface area contributed by atoms with E-state index in [9.17, 15) is 4.39 Å². The number of aryl methyl sites for hydroxylation is 1. The van der Waals surface area contributed by atoms with Gasteiger partial charge in [-0.15, -0.1) is 0 Å². The van der Waals surface area contributed by atoms with Gasteiger partial charge < -0.3 is 0 Å². The van der Waals surface area contributed by atoms with Gasteiger partial charge in [0.25, 0.3) is 0 Å². The van der Waals surface area contributed by atoms with Gasteiger partial charge >= 0.3 is 0 Å². The van der Waals surface area contributed by atoms with Gasteiger partial charge in [0.05, 0.1) is 0 Å². The fourth-order valence-electron chi connectivity index (χ4n) is 2.02.